The van der Waals surface area contributed by atoms with Crippen LogP contribution in [-0.2, 0) is 19.6 Å². The number of benzene rings is 2. The van der Waals surface area contributed by atoms with Crippen molar-refractivity contribution in [1.82, 2.24) is 5.32 Å². The molecule has 0 atom stereocenters. The van der Waals surface area contributed by atoms with E-state index >= 15 is 0 Å². The smallest absolute Gasteiger partial charge is 0.340 e. The summed E-state index contributed by atoms with van der Waals surface area (Å²) in [7, 11) is -2.76. The topological polar surface area (TPSA) is 92.8 Å². The van der Waals surface area contributed by atoms with Crippen LogP contribution in [0, 0.1) is 5.82 Å². The third kappa shape index (κ3) is 5.93. The average molecular weight is 457 g/mol. The third-order valence-corrected chi connectivity index (χ3v) is 6.30. The van der Waals surface area contributed by atoms with Gasteiger partial charge in [-0.15, -0.1) is 0 Å². The summed E-state index contributed by atoms with van der Waals surface area (Å²) in [4.78, 5) is 23.8. The van der Waals surface area contributed by atoms with Crippen molar-refractivity contribution < 1.29 is 27.1 Å². The summed E-state index contributed by atoms with van der Waals surface area (Å²) in [6, 6.07) is 8.48. The molecule has 0 unspecified atom stereocenters. The van der Waals surface area contributed by atoms with Crippen LogP contribution in [-0.4, -0.2) is 40.5 Å². The van der Waals surface area contributed by atoms with Crippen LogP contribution in [0.4, 0.5) is 10.1 Å². The molecule has 0 saturated heterocycles. The van der Waals surface area contributed by atoms with Crippen LogP contribution in [0.5, 0.6) is 0 Å². The Balaban J connectivity index is 2.18. The van der Waals surface area contributed by atoms with Gasteiger partial charge in [0.2, 0.25) is 0 Å². The predicted molar refractivity (Wildman–Crippen MR) is 112 cm³/mol. The predicted octanol–water partition coefficient (Wildman–Crippen LogP) is 3.38. The maximum atomic E-state index is 13.1. The molecule has 30 heavy (non-hydrogen) atoms. The van der Waals surface area contributed by atoms with Gasteiger partial charge in [0, 0.05) is 13.6 Å². The van der Waals surface area contributed by atoms with Crippen LogP contribution < -0.4 is 9.62 Å². The molecule has 1 N–H and O–H groups in total. The second-order valence-corrected chi connectivity index (χ2v) is 8.75. The highest BCUT2D eigenvalue weighted by atomic mass is 35.5. The van der Waals surface area contributed by atoms with Crippen LogP contribution in [0.25, 0.3) is 0 Å². The fourth-order valence-electron chi connectivity index (χ4n) is 2.43. The zero-order valence-electron chi connectivity index (χ0n) is 16.5. The van der Waals surface area contributed by atoms with E-state index in [1.54, 1.807) is 0 Å². The average Bonchev–Trinajstić information content (AvgIpc) is 2.72. The van der Waals surface area contributed by atoms with Crippen molar-refractivity contribution in [3.63, 3.8) is 0 Å². The second-order valence-electron chi connectivity index (χ2n) is 6.37. The summed E-state index contributed by atoms with van der Waals surface area (Å²) in [6.07, 6.45) is 1.70. The standard InChI is InChI=1S/C20H22ClFN2O5S/c1-3-4-11-23-19(25)13-29-20(26)17-12-16(9-10-18(17)21)30(27,28)24(2)15-7-5-14(22)6-8-15/h5-10,12H,3-4,11,13H2,1-2H3,(H,23,25). The molecule has 2 rings (SSSR count). The number of nitrogens with zero attached hydrogens (tertiary/aromatic N) is 1. The molecular formula is C20H22ClFN2O5S. The molecule has 2 aromatic carbocycles. The molecule has 0 spiro atoms. The van der Waals surface area contributed by atoms with Gasteiger partial charge in [0.1, 0.15) is 5.82 Å². The van der Waals surface area contributed by atoms with Crippen LogP contribution >= 0.6 is 11.6 Å². The van der Waals surface area contributed by atoms with E-state index in [4.69, 9.17) is 16.3 Å². The van der Waals surface area contributed by atoms with Gasteiger partial charge in [-0.1, -0.05) is 24.9 Å². The van der Waals surface area contributed by atoms with Crippen molar-refractivity contribution in [1.29, 1.82) is 0 Å². The minimum atomic E-state index is -4.06. The summed E-state index contributed by atoms with van der Waals surface area (Å²) in [5.74, 6) is -1.89. The maximum Gasteiger partial charge on any atom is 0.340 e. The Bertz CT molecular complexity index is 1010. The van der Waals surface area contributed by atoms with Crippen molar-refractivity contribution in [3.05, 3.63) is 58.9 Å². The number of ether oxygens (including phenoxy) is 1. The lowest BCUT2D eigenvalue weighted by Crippen LogP contribution is -2.29. The number of hydrogen-bond acceptors (Lipinski definition) is 5. The largest absolute Gasteiger partial charge is 0.452 e. The van der Waals surface area contributed by atoms with E-state index in [9.17, 15) is 22.4 Å². The van der Waals surface area contributed by atoms with Crippen LogP contribution in [0.2, 0.25) is 5.02 Å². The first-order valence-corrected chi connectivity index (χ1v) is 11.0. The number of anilines is 1. The lowest BCUT2D eigenvalue weighted by atomic mass is 10.2. The zero-order valence-corrected chi connectivity index (χ0v) is 18.1. The molecule has 0 aliphatic rings. The SMILES string of the molecule is CCCCNC(=O)COC(=O)c1cc(S(=O)(=O)N(C)c2ccc(F)cc2)ccc1Cl. The highest BCUT2D eigenvalue weighted by Crippen LogP contribution is 2.26. The number of amides is 1. The van der Waals surface area contributed by atoms with Crippen molar-refractivity contribution in [2.45, 2.75) is 24.7 Å². The number of rotatable bonds is 9. The van der Waals surface area contributed by atoms with Gasteiger partial charge < -0.3 is 10.1 Å². The molecule has 0 radical (unpaired) electrons. The normalized spacial score (nSPS) is 11.1. The van der Waals surface area contributed by atoms with Gasteiger partial charge in [-0.05, 0) is 48.9 Å². The number of hydrogen-bond donors (Lipinski definition) is 1. The lowest BCUT2D eigenvalue weighted by Gasteiger charge is -2.20. The molecule has 10 heteroatoms. The van der Waals surface area contributed by atoms with Gasteiger partial charge in [-0.2, -0.15) is 0 Å². The van der Waals surface area contributed by atoms with Crippen LogP contribution in [0.1, 0.15) is 30.1 Å². The lowest BCUT2D eigenvalue weighted by molar-refractivity contribution is -0.124. The van der Waals surface area contributed by atoms with Gasteiger partial charge in [0.25, 0.3) is 15.9 Å². The van der Waals surface area contributed by atoms with Gasteiger partial charge >= 0.3 is 5.97 Å². The van der Waals surface area contributed by atoms with E-state index in [0.29, 0.717) is 6.54 Å². The first kappa shape index (κ1) is 23.6. The van der Waals surface area contributed by atoms with E-state index in [2.05, 4.69) is 5.32 Å². The van der Waals surface area contributed by atoms with Crippen LogP contribution in [0.3, 0.4) is 0 Å². The molecule has 0 heterocycles. The molecule has 2 aromatic rings. The Morgan fingerprint density at radius 3 is 2.47 bits per heavy atom. The summed E-state index contributed by atoms with van der Waals surface area (Å²) in [5.41, 5.74) is 0.0471. The summed E-state index contributed by atoms with van der Waals surface area (Å²) in [5, 5.41) is 2.58. The minimum absolute atomic E-state index is 0.0187. The highest BCUT2D eigenvalue weighted by molar-refractivity contribution is 7.92. The molecule has 0 fully saturated rings. The van der Waals surface area contributed by atoms with Crippen molar-refractivity contribution >= 4 is 39.2 Å². The molecule has 0 saturated carbocycles. The number of nitrogens with one attached hydrogen (secondary N) is 1. The number of carbonyl (C=O) groups is 2. The molecule has 7 nitrogen and oxygen atoms in total. The highest BCUT2D eigenvalue weighted by Gasteiger charge is 2.24. The fraction of sp³-hybridized carbons (Fsp3) is 0.300. The molecular weight excluding hydrogens is 435 g/mol. The molecule has 0 aliphatic carbocycles. The monoisotopic (exact) mass is 456 g/mol. The minimum Gasteiger partial charge on any atom is -0.452 e. The Hall–Kier alpha value is -2.65. The number of halogens is 2. The summed E-state index contributed by atoms with van der Waals surface area (Å²) in [6.45, 7) is 1.94. The Morgan fingerprint density at radius 1 is 1.17 bits per heavy atom. The van der Waals surface area contributed by atoms with Crippen molar-refractivity contribution in [3.8, 4) is 0 Å². The molecule has 1 amide bonds. The van der Waals surface area contributed by atoms with E-state index in [1.807, 2.05) is 6.92 Å². The van der Waals surface area contributed by atoms with Gasteiger partial charge in [-0.25, -0.2) is 17.6 Å². The van der Waals surface area contributed by atoms with E-state index in [-0.39, 0.29) is 21.2 Å². The fourth-order valence-corrected chi connectivity index (χ4v) is 3.85. The first-order valence-electron chi connectivity index (χ1n) is 9.14. The maximum absolute atomic E-state index is 13.1. The molecule has 0 aromatic heterocycles. The Kier molecular flexibility index (Phi) is 8.19. The molecule has 0 aliphatic heterocycles. The Labute approximate surface area is 179 Å². The van der Waals surface area contributed by atoms with Gasteiger partial charge in [0.15, 0.2) is 6.61 Å². The number of esters is 1. The summed E-state index contributed by atoms with van der Waals surface area (Å²) < 4.78 is 44.8. The van der Waals surface area contributed by atoms with Gasteiger partial charge in [0.05, 0.1) is 21.2 Å². The number of sulfonamides is 1. The second kappa shape index (κ2) is 10.4. The quantitative estimate of drug-likeness (QED) is 0.461. The third-order valence-electron chi connectivity index (χ3n) is 4.19. The number of carbonyl (C=O) groups excluding carboxylic acids is 2. The van der Waals surface area contributed by atoms with E-state index in [0.717, 1.165) is 35.3 Å². The zero-order chi connectivity index (χ0) is 22.3. The summed E-state index contributed by atoms with van der Waals surface area (Å²) >= 11 is 6.02. The van der Waals surface area contributed by atoms with Gasteiger partial charge in [-0.3, -0.25) is 9.10 Å². The Morgan fingerprint density at radius 2 is 1.83 bits per heavy atom. The molecule has 0 bridgehead atoms. The molecule has 162 valence electrons. The van der Waals surface area contributed by atoms with Crippen molar-refractivity contribution in [2.75, 3.05) is 24.5 Å². The first-order chi connectivity index (χ1) is 14.2. The van der Waals surface area contributed by atoms with Crippen LogP contribution in [0.15, 0.2) is 47.4 Å². The van der Waals surface area contributed by atoms with E-state index < -0.39 is 34.3 Å². The number of unbranched alkanes of at least 4 members (excludes halogenated alkanes) is 1. The van der Waals surface area contributed by atoms with E-state index in [1.165, 1.54) is 31.3 Å². The van der Waals surface area contributed by atoms with Crippen molar-refractivity contribution in [2.24, 2.45) is 0 Å².